The van der Waals surface area contributed by atoms with Crippen molar-refractivity contribution in [3.05, 3.63) is 53.6 Å². The molecule has 0 spiro atoms. The Kier molecular flexibility index (Phi) is 5.15. The fourth-order valence-electron chi connectivity index (χ4n) is 3.31. The minimum Gasteiger partial charge on any atom is -0.354 e. The van der Waals surface area contributed by atoms with Gasteiger partial charge >= 0.3 is 0 Å². The van der Waals surface area contributed by atoms with Gasteiger partial charge in [-0.05, 0) is 41.5 Å². The molecule has 0 aliphatic heterocycles. The van der Waals surface area contributed by atoms with Crippen molar-refractivity contribution in [1.29, 1.82) is 0 Å². The Morgan fingerprint density at radius 2 is 2.00 bits per heavy atom. The van der Waals surface area contributed by atoms with E-state index in [0.717, 1.165) is 34.6 Å². The van der Waals surface area contributed by atoms with Crippen LogP contribution in [0, 0.1) is 6.92 Å². The van der Waals surface area contributed by atoms with Gasteiger partial charge in [0.15, 0.2) is 11.5 Å². The second-order valence-electron chi connectivity index (χ2n) is 8.61. The molecule has 8 heteroatoms. The van der Waals surface area contributed by atoms with Crippen LogP contribution in [0.5, 0.6) is 0 Å². The van der Waals surface area contributed by atoms with Gasteiger partial charge < -0.3 is 15.2 Å². The van der Waals surface area contributed by atoms with Crippen LogP contribution in [0.15, 0.2) is 36.9 Å². The first-order valence-corrected chi connectivity index (χ1v) is 10.1. The number of rotatable bonds is 6. The molecule has 0 unspecified atom stereocenters. The van der Waals surface area contributed by atoms with Gasteiger partial charge in [-0.3, -0.25) is 5.10 Å². The summed E-state index contributed by atoms with van der Waals surface area (Å²) < 4.78 is 1.94. The largest absolute Gasteiger partial charge is 0.354 e. The third-order valence-electron chi connectivity index (χ3n) is 5.18. The maximum atomic E-state index is 4.76. The highest BCUT2D eigenvalue weighted by atomic mass is 15.2. The Balaban J connectivity index is 1.65. The van der Waals surface area contributed by atoms with E-state index in [2.05, 4.69) is 76.7 Å². The van der Waals surface area contributed by atoms with E-state index in [9.17, 15) is 0 Å². The molecular weight excluding hydrogens is 376 g/mol. The number of nitrogens with one attached hydrogen (secondary N) is 3. The smallest absolute Gasteiger partial charge is 0.226 e. The first kappa shape index (κ1) is 19.9. The summed E-state index contributed by atoms with van der Waals surface area (Å²) in [5, 5.41) is 13.6. The summed E-state index contributed by atoms with van der Waals surface area (Å²) in [4.78, 5) is 13.8. The third-order valence-corrected chi connectivity index (χ3v) is 5.18. The Labute approximate surface area is 176 Å². The van der Waals surface area contributed by atoms with Crippen molar-refractivity contribution in [3.63, 3.8) is 0 Å². The van der Waals surface area contributed by atoms with Gasteiger partial charge in [-0.25, -0.2) is 4.98 Å². The van der Waals surface area contributed by atoms with Crippen LogP contribution < -0.4 is 10.6 Å². The number of fused-ring (bicyclic) bond motifs is 1. The number of anilines is 3. The number of benzene rings is 1. The number of hydrogen-bond acceptors (Lipinski definition) is 6. The molecule has 0 fully saturated rings. The van der Waals surface area contributed by atoms with E-state index >= 15 is 0 Å². The number of aromatic amines is 1. The molecule has 0 bridgehead atoms. The summed E-state index contributed by atoms with van der Waals surface area (Å²) in [5.74, 6) is 1.29. The van der Waals surface area contributed by atoms with Gasteiger partial charge in [0.25, 0.3) is 0 Å². The summed E-state index contributed by atoms with van der Waals surface area (Å²) in [5.41, 5.74) is 6.19. The maximum absolute atomic E-state index is 4.76. The lowest BCUT2D eigenvalue weighted by molar-refractivity contribution is 0.590. The first-order chi connectivity index (χ1) is 14.3. The zero-order valence-corrected chi connectivity index (χ0v) is 18.1. The van der Waals surface area contributed by atoms with Gasteiger partial charge in [0.05, 0.1) is 12.5 Å². The van der Waals surface area contributed by atoms with E-state index in [-0.39, 0.29) is 5.41 Å². The molecule has 8 nitrogen and oxygen atoms in total. The topological polar surface area (TPSA) is 96.3 Å². The molecule has 0 saturated carbocycles. The molecular formula is C22H28N8. The van der Waals surface area contributed by atoms with E-state index < -0.39 is 0 Å². The fraction of sp³-hybridized carbons (Fsp3) is 0.364. The van der Waals surface area contributed by atoms with E-state index in [4.69, 9.17) is 4.98 Å². The fourth-order valence-corrected chi connectivity index (χ4v) is 3.31. The van der Waals surface area contributed by atoms with Gasteiger partial charge in [-0.2, -0.15) is 15.1 Å². The summed E-state index contributed by atoms with van der Waals surface area (Å²) in [6, 6.07) is 6.53. The second kappa shape index (κ2) is 7.78. The summed E-state index contributed by atoms with van der Waals surface area (Å²) in [7, 11) is 1.95. The van der Waals surface area contributed by atoms with Crippen LogP contribution in [0.1, 0.15) is 37.5 Å². The molecule has 4 rings (SSSR count). The lowest BCUT2D eigenvalue weighted by Gasteiger charge is -2.21. The SMILES string of the molecule is Cc1ccc(C(C)(C)C)cc1Nc1nc(NCCc2cn[nH]c2)nc2ncn(C)c12. The van der Waals surface area contributed by atoms with Crippen LogP contribution >= 0.6 is 0 Å². The molecule has 0 aliphatic carbocycles. The molecule has 3 N–H and O–H groups in total. The standard InChI is InChI=1S/C22H28N8/c1-14-6-7-16(22(2,3)4)10-17(14)27-20-18-19(24-13-30(18)5)28-21(29-20)23-9-8-15-11-25-26-12-15/h6-7,10-13H,8-9H2,1-5H3,(H,25,26)(H2,23,27,28,29). The zero-order chi connectivity index (χ0) is 21.3. The van der Waals surface area contributed by atoms with E-state index in [0.29, 0.717) is 18.1 Å². The number of aryl methyl sites for hydroxylation is 2. The van der Waals surface area contributed by atoms with Crippen molar-refractivity contribution in [3.8, 4) is 0 Å². The van der Waals surface area contributed by atoms with Crippen molar-refractivity contribution in [2.24, 2.45) is 7.05 Å². The van der Waals surface area contributed by atoms with Gasteiger partial charge in [0, 0.05) is 25.5 Å². The average Bonchev–Trinajstić information content (AvgIpc) is 3.33. The van der Waals surface area contributed by atoms with E-state index in [1.807, 2.05) is 24.0 Å². The van der Waals surface area contributed by atoms with Gasteiger partial charge in [0.1, 0.15) is 5.52 Å². The zero-order valence-electron chi connectivity index (χ0n) is 18.1. The van der Waals surface area contributed by atoms with Crippen LogP contribution in [-0.2, 0) is 18.9 Å². The number of aromatic nitrogens is 6. The van der Waals surface area contributed by atoms with Crippen molar-refractivity contribution >= 4 is 28.6 Å². The van der Waals surface area contributed by atoms with Gasteiger partial charge in [-0.15, -0.1) is 0 Å². The van der Waals surface area contributed by atoms with Crippen LogP contribution in [0.3, 0.4) is 0 Å². The molecule has 30 heavy (non-hydrogen) atoms. The number of imidazole rings is 1. The maximum Gasteiger partial charge on any atom is 0.226 e. The monoisotopic (exact) mass is 404 g/mol. The summed E-state index contributed by atoms with van der Waals surface area (Å²) in [6.45, 7) is 9.45. The minimum atomic E-state index is 0.0669. The highest BCUT2D eigenvalue weighted by Crippen LogP contribution is 2.30. The quantitative estimate of drug-likeness (QED) is 0.448. The number of H-pyrrole nitrogens is 1. The average molecular weight is 405 g/mol. The van der Waals surface area contributed by atoms with Crippen molar-refractivity contribution < 1.29 is 0 Å². The lowest BCUT2D eigenvalue weighted by Crippen LogP contribution is -2.12. The molecule has 0 atom stereocenters. The van der Waals surface area contributed by atoms with E-state index in [1.54, 1.807) is 6.33 Å². The Morgan fingerprint density at radius 3 is 2.73 bits per heavy atom. The molecule has 0 amide bonds. The van der Waals surface area contributed by atoms with Crippen molar-refractivity contribution in [2.45, 2.75) is 39.5 Å². The highest BCUT2D eigenvalue weighted by molar-refractivity contribution is 5.87. The third kappa shape index (κ3) is 4.12. The molecule has 4 aromatic rings. The van der Waals surface area contributed by atoms with Gasteiger partial charge in [0.2, 0.25) is 5.95 Å². The lowest BCUT2D eigenvalue weighted by atomic mass is 9.86. The van der Waals surface area contributed by atoms with Crippen LogP contribution in [0.25, 0.3) is 11.2 Å². The summed E-state index contributed by atoms with van der Waals surface area (Å²) >= 11 is 0. The summed E-state index contributed by atoms with van der Waals surface area (Å²) in [6.07, 6.45) is 6.30. The Bertz CT molecular complexity index is 1150. The van der Waals surface area contributed by atoms with Crippen LogP contribution in [0.2, 0.25) is 0 Å². The predicted molar refractivity (Wildman–Crippen MR) is 120 cm³/mol. The highest BCUT2D eigenvalue weighted by Gasteiger charge is 2.17. The Hall–Kier alpha value is -3.42. The van der Waals surface area contributed by atoms with Crippen LogP contribution in [0.4, 0.5) is 17.5 Å². The normalized spacial score (nSPS) is 11.8. The molecule has 0 aliphatic rings. The molecule has 156 valence electrons. The van der Waals surface area contributed by atoms with Gasteiger partial charge in [-0.1, -0.05) is 32.9 Å². The van der Waals surface area contributed by atoms with Crippen molar-refractivity contribution in [2.75, 3.05) is 17.2 Å². The molecule has 3 heterocycles. The number of nitrogens with zero attached hydrogens (tertiary/aromatic N) is 5. The molecule has 1 aromatic carbocycles. The second-order valence-corrected chi connectivity index (χ2v) is 8.61. The molecule has 0 saturated heterocycles. The van der Waals surface area contributed by atoms with E-state index in [1.165, 1.54) is 5.56 Å². The first-order valence-electron chi connectivity index (χ1n) is 10.1. The Morgan fingerprint density at radius 1 is 1.17 bits per heavy atom. The van der Waals surface area contributed by atoms with Crippen LogP contribution in [-0.4, -0.2) is 36.3 Å². The molecule has 3 aromatic heterocycles. The van der Waals surface area contributed by atoms with Crippen molar-refractivity contribution in [1.82, 2.24) is 29.7 Å². The molecule has 0 radical (unpaired) electrons. The number of hydrogen-bond donors (Lipinski definition) is 3. The minimum absolute atomic E-state index is 0.0669. The predicted octanol–water partition coefficient (Wildman–Crippen LogP) is 4.09.